The van der Waals surface area contributed by atoms with Crippen molar-refractivity contribution in [2.75, 3.05) is 30.9 Å². The van der Waals surface area contributed by atoms with Crippen LogP contribution in [0.4, 0.5) is 17.3 Å². The first-order valence-corrected chi connectivity index (χ1v) is 9.42. The van der Waals surface area contributed by atoms with Gasteiger partial charge in [-0.2, -0.15) is 0 Å². The van der Waals surface area contributed by atoms with Crippen LogP contribution >= 0.6 is 0 Å². The third kappa shape index (κ3) is 5.44. The van der Waals surface area contributed by atoms with Crippen LogP contribution in [0, 0.1) is 0 Å². The quantitative estimate of drug-likeness (QED) is 0.531. The molecule has 0 radical (unpaired) electrons. The van der Waals surface area contributed by atoms with E-state index < -0.39 is 0 Å². The SMILES string of the molecule is CCOC(=O)c1ccccc1Nc1cc(NCCc2ccccc2OC)ncn1. The number of ether oxygens (including phenoxy) is 2. The number of nitrogens with zero attached hydrogens (tertiary/aromatic N) is 2. The van der Waals surface area contributed by atoms with Gasteiger partial charge in [0, 0.05) is 12.6 Å². The number of benzene rings is 2. The predicted octanol–water partition coefficient (Wildman–Crippen LogP) is 4.06. The van der Waals surface area contributed by atoms with Gasteiger partial charge in [0.2, 0.25) is 0 Å². The van der Waals surface area contributed by atoms with Gasteiger partial charge in [0.15, 0.2) is 0 Å². The van der Waals surface area contributed by atoms with Crippen LogP contribution in [0.2, 0.25) is 0 Å². The monoisotopic (exact) mass is 392 g/mol. The molecule has 0 saturated carbocycles. The zero-order valence-electron chi connectivity index (χ0n) is 16.5. The van der Waals surface area contributed by atoms with Gasteiger partial charge in [-0.05, 0) is 37.1 Å². The van der Waals surface area contributed by atoms with Gasteiger partial charge >= 0.3 is 5.97 Å². The first-order valence-electron chi connectivity index (χ1n) is 9.42. The molecular weight excluding hydrogens is 368 g/mol. The van der Waals surface area contributed by atoms with Crippen molar-refractivity contribution in [3.8, 4) is 5.75 Å². The lowest BCUT2D eigenvalue weighted by Gasteiger charge is -2.12. The average Bonchev–Trinajstić information content (AvgIpc) is 2.75. The van der Waals surface area contributed by atoms with Crippen molar-refractivity contribution in [1.82, 2.24) is 9.97 Å². The fourth-order valence-electron chi connectivity index (χ4n) is 2.87. The van der Waals surface area contributed by atoms with Crippen LogP contribution in [0.1, 0.15) is 22.8 Å². The smallest absolute Gasteiger partial charge is 0.340 e. The molecular formula is C22H24N4O3. The third-order valence-electron chi connectivity index (χ3n) is 4.25. The lowest BCUT2D eigenvalue weighted by atomic mass is 10.1. The normalized spacial score (nSPS) is 10.3. The Bertz CT molecular complexity index is 962. The van der Waals surface area contributed by atoms with E-state index in [0.717, 1.165) is 17.7 Å². The van der Waals surface area contributed by atoms with E-state index >= 15 is 0 Å². The number of methoxy groups -OCH3 is 1. The van der Waals surface area contributed by atoms with E-state index in [-0.39, 0.29) is 5.97 Å². The number of esters is 1. The molecule has 0 fully saturated rings. The van der Waals surface area contributed by atoms with Gasteiger partial charge in [-0.1, -0.05) is 30.3 Å². The van der Waals surface area contributed by atoms with E-state index in [4.69, 9.17) is 9.47 Å². The number of hydrogen-bond donors (Lipinski definition) is 2. The van der Waals surface area contributed by atoms with E-state index in [1.165, 1.54) is 6.33 Å². The van der Waals surface area contributed by atoms with Crippen molar-refractivity contribution in [3.63, 3.8) is 0 Å². The van der Waals surface area contributed by atoms with E-state index in [2.05, 4.69) is 20.6 Å². The maximum absolute atomic E-state index is 12.1. The molecule has 150 valence electrons. The van der Waals surface area contributed by atoms with E-state index in [1.54, 1.807) is 32.2 Å². The molecule has 0 amide bonds. The molecule has 0 aliphatic heterocycles. The van der Waals surface area contributed by atoms with E-state index in [1.807, 2.05) is 36.4 Å². The highest BCUT2D eigenvalue weighted by molar-refractivity contribution is 5.96. The predicted molar refractivity (Wildman–Crippen MR) is 113 cm³/mol. The van der Waals surface area contributed by atoms with Crippen LogP contribution in [0.5, 0.6) is 5.75 Å². The second-order valence-electron chi connectivity index (χ2n) is 6.17. The topological polar surface area (TPSA) is 85.4 Å². The van der Waals surface area contributed by atoms with Crippen LogP contribution in [-0.2, 0) is 11.2 Å². The highest BCUT2D eigenvalue weighted by Gasteiger charge is 2.12. The maximum atomic E-state index is 12.1. The summed E-state index contributed by atoms with van der Waals surface area (Å²) < 4.78 is 10.5. The Balaban J connectivity index is 1.65. The van der Waals surface area contributed by atoms with Crippen molar-refractivity contribution in [2.45, 2.75) is 13.3 Å². The molecule has 3 aromatic rings. The van der Waals surface area contributed by atoms with E-state index in [0.29, 0.717) is 36.0 Å². The summed E-state index contributed by atoms with van der Waals surface area (Å²) in [4.78, 5) is 20.6. The zero-order chi connectivity index (χ0) is 20.5. The van der Waals surface area contributed by atoms with Crippen LogP contribution < -0.4 is 15.4 Å². The number of aromatic nitrogens is 2. The number of carbonyl (C=O) groups is 1. The molecule has 0 bridgehead atoms. The van der Waals surface area contributed by atoms with Crippen molar-refractivity contribution in [3.05, 3.63) is 72.1 Å². The minimum Gasteiger partial charge on any atom is -0.496 e. The van der Waals surface area contributed by atoms with Crippen molar-refractivity contribution in [2.24, 2.45) is 0 Å². The number of nitrogens with one attached hydrogen (secondary N) is 2. The van der Waals surface area contributed by atoms with Crippen molar-refractivity contribution in [1.29, 1.82) is 0 Å². The lowest BCUT2D eigenvalue weighted by molar-refractivity contribution is 0.0527. The van der Waals surface area contributed by atoms with Crippen LogP contribution in [0.3, 0.4) is 0 Å². The molecule has 2 N–H and O–H groups in total. The van der Waals surface area contributed by atoms with Crippen molar-refractivity contribution < 1.29 is 14.3 Å². The largest absolute Gasteiger partial charge is 0.496 e. The summed E-state index contributed by atoms with van der Waals surface area (Å²) in [5, 5.41) is 6.46. The molecule has 0 spiro atoms. The number of rotatable bonds is 9. The molecule has 7 nitrogen and oxygen atoms in total. The Morgan fingerprint density at radius 2 is 1.79 bits per heavy atom. The average molecular weight is 392 g/mol. The molecule has 29 heavy (non-hydrogen) atoms. The number of carbonyl (C=O) groups excluding carboxylic acids is 1. The molecule has 0 atom stereocenters. The maximum Gasteiger partial charge on any atom is 0.340 e. The molecule has 7 heteroatoms. The van der Waals surface area contributed by atoms with Gasteiger partial charge in [0.1, 0.15) is 23.7 Å². The molecule has 0 aliphatic rings. The fraction of sp³-hybridized carbons (Fsp3) is 0.227. The van der Waals surface area contributed by atoms with Gasteiger partial charge in [-0.3, -0.25) is 0 Å². The summed E-state index contributed by atoms with van der Waals surface area (Å²) >= 11 is 0. The zero-order valence-corrected chi connectivity index (χ0v) is 16.5. The highest BCUT2D eigenvalue weighted by atomic mass is 16.5. The van der Waals surface area contributed by atoms with Crippen LogP contribution in [0.25, 0.3) is 0 Å². The second-order valence-corrected chi connectivity index (χ2v) is 6.17. The Morgan fingerprint density at radius 3 is 2.62 bits per heavy atom. The first kappa shape index (κ1) is 20.1. The van der Waals surface area contributed by atoms with Gasteiger partial charge in [-0.25, -0.2) is 14.8 Å². The van der Waals surface area contributed by atoms with Crippen molar-refractivity contribution >= 4 is 23.3 Å². The minimum atomic E-state index is -0.375. The first-order chi connectivity index (χ1) is 14.2. The van der Waals surface area contributed by atoms with Crippen LogP contribution in [-0.4, -0.2) is 36.2 Å². The third-order valence-corrected chi connectivity index (χ3v) is 4.25. The summed E-state index contributed by atoms with van der Waals surface area (Å²) in [5.41, 5.74) is 2.21. The summed E-state index contributed by atoms with van der Waals surface area (Å²) in [5.74, 6) is 1.76. The Morgan fingerprint density at radius 1 is 1.03 bits per heavy atom. The molecule has 0 aliphatic carbocycles. The molecule has 1 heterocycles. The fourth-order valence-corrected chi connectivity index (χ4v) is 2.87. The molecule has 1 aromatic heterocycles. The number of hydrogen-bond acceptors (Lipinski definition) is 7. The van der Waals surface area contributed by atoms with Gasteiger partial charge in [-0.15, -0.1) is 0 Å². The molecule has 2 aromatic carbocycles. The lowest BCUT2D eigenvalue weighted by Crippen LogP contribution is -2.09. The van der Waals surface area contributed by atoms with Gasteiger partial charge < -0.3 is 20.1 Å². The molecule has 0 unspecified atom stereocenters. The summed E-state index contributed by atoms with van der Waals surface area (Å²) in [6.45, 7) is 2.79. The summed E-state index contributed by atoms with van der Waals surface area (Å²) in [6.07, 6.45) is 2.27. The summed E-state index contributed by atoms with van der Waals surface area (Å²) in [6, 6.07) is 16.9. The highest BCUT2D eigenvalue weighted by Crippen LogP contribution is 2.22. The summed E-state index contributed by atoms with van der Waals surface area (Å²) in [7, 11) is 1.67. The number of anilines is 3. The molecule has 3 rings (SSSR count). The Hall–Kier alpha value is -3.61. The minimum absolute atomic E-state index is 0.320. The van der Waals surface area contributed by atoms with E-state index in [9.17, 15) is 4.79 Å². The van der Waals surface area contributed by atoms with Gasteiger partial charge in [0.25, 0.3) is 0 Å². The van der Waals surface area contributed by atoms with Gasteiger partial charge in [0.05, 0.1) is 25.0 Å². The Labute approximate surface area is 170 Å². The Kier molecular flexibility index (Phi) is 7.00. The van der Waals surface area contributed by atoms with Crippen LogP contribution in [0.15, 0.2) is 60.9 Å². The second kappa shape index (κ2) is 10.1. The molecule has 0 saturated heterocycles. The number of para-hydroxylation sites is 2. The standard InChI is InChI=1S/C22H24N4O3/c1-3-29-22(27)17-9-5-6-10-18(17)26-21-14-20(24-15-25-21)23-13-12-16-8-4-7-11-19(16)28-2/h4-11,14-15H,3,12-13H2,1-2H3,(H2,23,24,25,26).